The number of nitrogens with one attached hydrogen (secondary N) is 3. The number of anilines is 5. The molecule has 0 saturated heterocycles. The number of ether oxygens (including phenoxy) is 1. The van der Waals surface area contributed by atoms with E-state index in [2.05, 4.69) is 34.1 Å². The molecule has 3 aromatic carbocycles. The normalized spacial score (nSPS) is 11.3. The molecule has 2 aromatic heterocycles. The number of benzene rings is 3. The Morgan fingerprint density at radius 3 is 2.28 bits per heavy atom. The van der Waals surface area contributed by atoms with Crippen LogP contribution in [-0.4, -0.2) is 34.2 Å². The summed E-state index contributed by atoms with van der Waals surface area (Å²) in [7, 11) is -2.21. The smallest absolute Gasteiger partial charge is 0.264 e. The maximum atomic E-state index is 12.9. The van der Waals surface area contributed by atoms with Gasteiger partial charge in [0.15, 0.2) is 0 Å². The highest BCUT2D eigenvalue weighted by Gasteiger charge is 2.19. The summed E-state index contributed by atoms with van der Waals surface area (Å²) in [5.74, 6) is 1.80. The van der Waals surface area contributed by atoms with Crippen LogP contribution in [0.15, 0.2) is 77.7 Å². The third-order valence-electron chi connectivity index (χ3n) is 5.15. The molecule has 36 heavy (non-hydrogen) atoms. The van der Waals surface area contributed by atoms with Crippen LogP contribution in [0.5, 0.6) is 5.75 Å². The molecule has 0 aliphatic heterocycles. The van der Waals surface area contributed by atoms with E-state index in [-0.39, 0.29) is 4.90 Å². The topological polar surface area (TPSA) is 131 Å². The molecule has 0 aliphatic rings. The second-order valence-corrected chi connectivity index (χ2v) is 9.95. The highest BCUT2D eigenvalue weighted by atomic mass is 32.2. The van der Waals surface area contributed by atoms with Crippen molar-refractivity contribution in [2.24, 2.45) is 0 Å². The number of aromatic nitrogens is 4. The molecule has 0 spiro atoms. The molecule has 0 bridgehead atoms. The first kappa shape index (κ1) is 23.5. The van der Waals surface area contributed by atoms with E-state index in [0.717, 1.165) is 28.9 Å². The molecule has 182 valence electrons. The third-order valence-corrected chi connectivity index (χ3v) is 7.10. The van der Waals surface area contributed by atoms with Gasteiger partial charge in [0.25, 0.3) is 10.0 Å². The number of hydrogen-bond acceptors (Lipinski definition) is 10. The summed E-state index contributed by atoms with van der Waals surface area (Å²) >= 11 is 0.974. The van der Waals surface area contributed by atoms with Gasteiger partial charge in [0, 0.05) is 28.8 Å². The van der Waals surface area contributed by atoms with Crippen LogP contribution in [0, 0.1) is 6.92 Å². The van der Waals surface area contributed by atoms with Crippen LogP contribution in [0.1, 0.15) is 5.69 Å². The van der Waals surface area contributed by atoms with E-state index in [4.69, 9.17) is 4.74 Å². The zero-order valence-electron chi connectivity index (χ0n) is 19.3. The summed E-state index contributed by atoms with van der Waals surface area (Å²) in [4.78, 5) is 9.05. The van der Waals surface area contributed by atoms with E-state index < -0.39 is 10.0 Å². The summed E-state index contributed by atoms with van der Waals surface area (Å²) in [6, 6.07) is 21.0. The fourth-order valence-corrected chi connectivity index (χ4v) is 5.30. The van der Waals surface area contributed by atoms with E-state index in [1.807, 2.05) is 37.3 Å². The maximum Gasteiger partial charge on any atom is 0.264 e. The first-order chi connectivity index (χ1) is 17.4. The van der Waals surface area contributed by atoms with Crippen molar-refractivity contribution in [2.75, 3.05) is 22.5 Å². The SMILES string of the molecule is COc1ccc(Nc2cc(C)nc(Nc3ccc(NS(=O)(=O)c4cccc5nsnc45)cc3)n2)cc1. The minimum absolute atomic E-state index is 0.0843. The number of hydrogen-bond donors (Lipinski definition) is 3. The van der Waals surface area contributed by atoms with Gasteiger partial charge < -0.3 is 15.4 Å². The van der Waals surface area contributed by atoms with Crippen molar-refractivity contribution < 1.29 is 13.2 Å². The Labute approximate surface area is 211 Å². The van der Waals surface area contributed by atoms with Crippen LogP contribution in [0.25, 0.3) is 11.0 Å². The molecular formula is C24H21N7O3S2. The summed E-state index contributed by atoms with van der Waals surface area (Å²) in [5.41, 5.74) is 3.64. The Kier molecular flexibility index (Phi) is 6.36. The number of methoxy groups -OCH3 is 1. The van der Waals surface area contributed by atoms with Gasteiger partial charge in [0.1, 0.15) is 27.5 Å². The van der Waals surface area contributed by atoms with Gasteiger partial charge in [-0.15, -0.1) is 0 Å². The zero-order chi connectivity index (χ0) is 25.1. The average Bonchev–Trinajstić information content (AvgIpc) is 3.34. The lowest BCUT2D eigenvalue weighted by Crippen LogP contribution is -2.13. The Morgan fingerprint density at radius 1 is 0.833 bits per heavy atom. The number of nitrogens with zero attached hydrogens (tertiary/aromatic N) is 4. The molecular weight excluding hydrogens is 498 g/mol. The molecule has 3 N–H and O–H groups in total. The molecule has 5 aromatic rings. The van der Waals surface area contributed by atoms with Crippen LogP contribution in [0.4, 0.5) is 28.8 Å². The lowest BCUT2D eigenvalue weighted by Gasteiger charge is -2.12. The molecule has 10 nitrogen and oxygen atoms in total. The van der Waals surface area contributed by atoms with Gasteiger partial charge in [-0.2, -0.15) is 13.7 Å². The first-order valence-electron chi connectivity index (χ1n) is 10.8. The van der Waals surface area contributed by atoms with E-state index in [0.29, 0.717) is 34.2 Å². The van der Waals surface area contributed by atoms with Crippen LogP contribution in [0.3, 0.4) is 0 Å². The summed E-state index contributed by atoms with van der Waals surface area (Å²) in [6.07, 6.45) is 0. The van der Waals surface area contributed by atoms with Crippen LogP contribution in [-0.2, 0) is 10.0 Å². The summed E-state index contributed by atoms with van der Waals surface area (Å²) in [6.45, 7) is 1.88. The Bertz CT molecular complexity index is 1620. The third kappa shape index (κ3) is 5.19. The van der Waals surface area contributed by atoms with Crippen LogP contribution in [0.2, 0.25) is 0 Å². The molecule has 2 heterocycles. The van der Waals surface area contributed by atoms with Crippen LogP contribution < -0.4 is 20.1 Å². The van der Waals surface area contributed by atoms with Crippen molar-refractivity contribution >= 4 is 61.6 Å². The molecule has 0 aliphatic carbocycles. The molecule has 0 amide bonds. The highest BCUT2D eigenvalue weighted by Crippen LogP contribution is 2.25. The van der Waals surface area contributed by atoms with Gasteiger partial charge in [-0.05, 0) is 67.6 Å². The number of aryl methyl sites for hydroxylation is 1. The molecule has 0 saturated carbocycles. The van der Waals surface area contributed by atoms with Gasteiger partial charge in [-0.1, -0.05) is 6.07 Å². The van der Waals surface area contributed by atoms with Crippen molar-refractivity contribution in [3.05, 3.63) is 78.5 Å². The number of rotatable bonds is 8. The predicted molar refractivity (Wildman–Crippen MR) is 141 cm³/mol. The standard InChI is InChI=1S/C24H21N7O3S2/c1-15-14-22(26-16-10-12-19(34-2)13-11-16)28-24(25-15)27-17-6-8-18(9-7-17)31-36(32,33)21-5-3-4-20-23(21)30-35-29-20/h3-14,31H,1-2H3,(H2,25,26,27,28). The van der Waals surface area contributed by atoms with Gasteiger partial charge in [-0.3, -0.25) is 4.72 Å². The summed E-state index contributed by atoms with van der Waals surface area (Å²) in [5, 5.41) is 6.41. The Hall–Kier alpha value is -4.29. The Balaban J connectivity index is 1.30. The lowest BCUT2D eigenvalue weighted by molar-refractivity contribution is 0.415. The molecule has 5 rings (SSSR count). The van der Waals surface area contributed by atoms with Crippen molar-refractivity contribution in [3.8, 4) is 5.75 Å². The van der Waals surface area contributed by atoms with E-state index in [1.54, 1.807) is 43.5 Å². The monoisotopic (exact) mass is 519 g/mol. The fraction of sp³-hybridized carbons (Fsp3) is 0.0833. The average molecular weight is 520 g/mol. The molecule has 0 unspecified atom stereocenters. The van der Waals surface area contributed by atoms with E-state index >= 15 is 0 Å². The van der Waals surface area contributed by atoms with Crippen LogP contribution >= 0.6 is 11.7 Å². The molecule has 12 heteroatoms. The Morgan fingerprint density at radius 2 is 1.53 bits per heavy atom. The highest BCUT2D eigenvalue weighted by molar-refractivity contribution is 7.93. The predicted octanol–water partition coefficient (Wildman–Crippen LogP) is 5.09. The van der Waals surface area contributed by atoms with Gasteiger partial charge in [0.05, 0.1) is 18.8 Å². The second kappa shape index (κ2) is 9.76. The quantitative estimate of drug-likeness (QED) is 0.257. The van der Waals surface area contributed by atoms with E-state index in [1.165, 1.54) is 6.07 Å². The van der Waals surface area contributed by atoms with Crippen molar-refractivity contribution in [2.45, 2.75) is 11.8 Å². The van der Waals surface area contributed by atoms with Gasteiger partial charge >= 0.3 is 0 Å². The summed E-state index contributed by atoms with van der Waals surface area (Å²) < 4.78 is 41.8. The first-order valence-corrected chi connectivity index (χ1v) is 13.0. The van der Waals surface area contributed by atoms with Gasteiger partial charge in [-0.25, -0.2) is 13.4 Å². The number of fused-ring (bicyclic) bond motifs is 1. The van der Waals surface area contributed by atoms with Crippen molar-refractivity contribution in [1.82, 2.24) is 18.7 Å². The maximum absolute atomic E-state index is 12.9. The molecule has 0 radical (unpaired) electrons. The minimum atomic E-state index is -3.83. The second-order valence-electron chi connectivity index (χ2n) is 7.77. The van der Waals surface area contributed by atoms with E-state index in [9.17, 15) is 8.42 Å². The van der Waals surface area contributed by atoms with Gasteiger partial charge in [0.2, 0.25) is 5.95 Å². The molecule has 0 atom stereocenters. The molecule has 0 fully saturated rings. The van der Waals surface area contributed by atoms with Crippen molar-refractivity contribution in [3.63, 3.8) is 0 Å². The zero-order valence-corrected chi connectivity index (χ0v) is 20.9. The largest absolute Gasteiger partial charge is 0.497 e. The van der Waals surface area contributed by atoms with Crippen molar-refractivity contribution in [1.29, 1.82) is 0 Å². The minimum Gasteiger partial charge on any atom is -0.497 e. The number of sulfonamides is 1. The lowest BCUT2D eigenvalue weighted by atomic mass is 10.3. The fourth-order valence-electron chi connectivity index (χ4n) is 3.47.